The summed E-state index contributed by atoms with van der Waals surface area (Å²) in [5.74, 6) is -0.308. The fourth-order valence-electron chi connectivity index (χ4n) is 1.69. The molecule has 0 saturated heterocycles. The van der Waals surface area contributed by atoms with Gasteiger partial charge in [0.15, 0.2) is 0 Å². The van der Waals surface area contributed by atoms with Gasteiger partial charge in [-0.05, 0) is 42.7 Å². The highest BCUT2D eigenvalue weighted by Gasteiger charge is 2.20. The molecule has 0 spiro atoms. The van der Waals surface area contributed by atoms with E-state index < -0.39 is 12.0 Å². The van der Waals surface area contributed by atoms with E-state index in [0.717, 1.165) is 11.1 Å². The van der Waals surface area contributed by atoms with E-state index in [2.05, 4.69) is 4.74 Å². The number of rotatable bonds is 2. The van der Waals surface area contributed by atoms with Crippen molar-refractivity contribution in [2.75, 3.05) is 7.11 Å². The lowest BCUT2D eigenvalue weighted by atomic mass is 9.96. The third kappa shape index (κ3) is 2.27. The van der Waals surface area contributed by atoms with Crippen molar-refractivity contribution in [2.24, 2.45) is 5.73 Å². The normalized spacial score (nSPS) is 12.3. The van der Waals surface area contributed by atoms with E-state index in [0.29, 0.717) is 5.56 Å². The highest BCUT2D eigenvalue weighted by molar-refractivity contribution is 5.78. The first kappa shape index (κ1) is 11.5. The second-order valence-corrected chi connectivity index (χ2v) is 3.49. The monoisotopic (exact) mass is 209 g/mol. The largest absolute Gasteiger partial charge is 0.508 e. The Kier molecular flexibility index (Phi) is 3.31. The van der Waals surface area contributed by atoms with Crippen LogP contribution < -0.4 is 5.73 Å². The topological polar surface area (TPSA) is 72.5 Å². The van der Waals surface area contributed by atoms with Gasteiger partial charge in [-0.2, -0.15) is 0 Å². The summed E-state index contributed by atoms with van der Waals surface area (Å²) >= 11 is 0. The van der Waals surface area contributed by atoms with Crippen molar-refractivity contribution in [3.63, 3.8) is 0 Å². The van der Waals surface area contributed by atoms with E-state index in [-0.39, 0.29) is 5.75 Å². The van der Waals surface area contributed by atoms with E-state index in [1.54, 1.807) is 26.0 Å². The van der Waals surface area contributed by atoms with Gasteiger partial charge in [0.05, 0.1) is 7.11 Å². The third-order valence-corrected chi connectivity index (χ3v) is 2.34. The molecule has 4 heteroatoms. The Labute approximate surface area is 88.7 Å². The van der Waals surface area contributed by atoms with Crippen molar-refractivity contribution in [1.29, 1.82) is 0 Å². The average Bonchev–Trinajstić information content (AvgIpc) is 2.14. The van der Waals surface area contributed by atoms with Crippen molar-refractivity contribution in [3.8, 4) is 5.75 Å². The molecule has 0 amide bonds. The maximum absolute atomic E-state index is 11.3. The molecule has 0 fully saturated rings. The van der Waals surface area contributed by atoms with E-state index in [1.165, 1.54) is 7.11 Å². The lowest BCUT2D eigenvalue weighted by Gasteiger charge is -2.15. The standard InChI is InChI=1S/C11H15NO3/c1-6-4-8(13)5-7(2)9(6)10(12)11(14)15-3/h4-5,10,13H,12H2,1-3H3/t10-/m1/s1. The number of phenols is 1. The van der Waals surface area contributed by atoms with Crippen molar-refractivity contribution >= 4 is 5.97 Å². The van der Waals surface area contributed by atoms with Crippen LogP contribution >= 0.6 is 0 Å². The van der Waals surface area contributed by atoms with Gasteiger partial charge in [-0.3, -0.25) is 4.79 Å². The van der Waals surface area contributed by atoms with Crippen molar-refractivity contribution in [3.05, 3.63) is 28.8 Å². The molecule has 0 heterocycles. The van der Waals surface area contributed by atoms with Crippen LogP contribution in [0.2, 0.25) is 0 Å². The van der Waals surface area contributed by atoms with Crippen molar-refractivity contribution in [1.82, 2.24) is 0 Å². The van der Waals surface area contributed by atoms with Crippen LogP contribution in [0, 0.1) is 13.8 Å². The van der Waals surface area contributed by atoms with Crippen molar-refractivity contribution in [2.45, 2.75) is 19.9 Å². The van der Waals surface area contributed by atoms with Crippen molar-refractivity contribution < 1.29 is 14.6 Å². The van der Waals surface area contributed by atoms with Crippen LogP contribution in [0.1, 0.15) is 22.7 Å². The molecule has 0 aliphatic heterocycles. The Bertz CT molecular complexity index is 364. The molecular formula is C11H15NO3. The van der Waals surface area contributed by atoms with Gasteiger partial charge < -0.3 is 15.6 Å². The van der Waals surface area contributed by atoms with Gasteiger partial charge in [-0.25, -0.2) is 0 Å². The SMILES string of the molecule is COC(=O)[C@H](N)c1c(C)cc(O)cc1C. The zero-order valence-electron chi connectivity index (χ0n) is 9.07. The zero-order valence-corrected chi connectivity index (χ0v) is 9.07. The summed E-state index contributed by atoms with van der Waals surface area (Å²) in [6.07, 6.45) is 0. The number of esters is 1. The van der Waals surface area contributed by atoms with E-state index in [9.17, 15) is 9.90 Å². The summed E-state index contributed by atoms with van der Waals surface area (Å²) in [4.78, 5) is 11.3. The highest BCUT2D eigenvalue weighted by Crippen LogP contribution is 2.25. The first-order valence-electron chi connectivity index (χ1n) is 4.61. The number of methoxy groups -OCH3 is 1. The fraction of sp³-hybridized carbons (Fsp3) is 0.364. The Morgan fingerprint density at radius 2 is 1.87 bits per heavy atom. The number of nitrogens with two attached hydrogens (primary N) is 1. The summed E-state index contributed by atoms with van der Waals surface area (Å²) < 4.78 is 4.58. The minimum Gasteiger partial charge on any atom is -0.508 e. The summed E-state index contributed by atoms with van der Waals surface area (Å²) in [5, 5.41) is 9.34. The summed E-state index contributed by atoms with van der Waals surface area (Å²) in [6, 6.07) is 2.35. The summed E-state index contributed by atoms with van der Waals surface area (Å²) in [7, 11) is 1.30. The van der Waals surface area contributed by atoms with Crippen LogP contribution in [0.3, 0.4) is 0 Å². The number of aryl methyl sites for hydroxylation is 2. The Morgan fingerprint density at radius 1 is 1.40 bits per heavy atom. The predicted octanol–water partition coefficient (Wildman–Crippen LogP) is 1.18. The Balaban J connectivity index is 3.19. The van der Waals surface area contributed by atoms with Crippen LogP contribution in [0.4, 0.5) is 0 Å². The number of hydrogen-bond acceptors (Lipinski definition) is 4. The lowest BCUT2D eigenvalue weighted by Crippen LogP contribution is -2.24. The smallest absolute Gasteiger partial charge is 0.327 e. The predicted molar refractivity (Wildman–Crippen MR) is 56.5 cm³/mol. The molecular weight excluding hydrogens is 194 g/mol. The van der Waals surface area contributed by atoms with Crippen LogP contribution in [-0.4, -0.2) is 18.2 Å². The van der Waals surface area contributed by atoms with Crippen LogP contribution in [0.25, 0.3) is 0 Å². The fourth-order valence-corrected chi connectivity index (χ4v) is 1.69. The van der Waals surface area contributed by atoms with Crippen LogP contribution in [0.5, 0.6) is 5.75 Å². The maximum Gasteiger partial charge on any atom is 0.327 e. The maximum atomic E-state index is 11.3. The number of carbonyl (C=O) groups excluding carboxylic acids is 1. The van der Waals surface area contributed by atoms with E-state index >= 15 is 0 Å². The van der Waals surface area contributed by atoms with Gasteiger partial charge in [0.2, 0.25) is 0 Å². The van der Waals surface area contributed by atoms with Gasteiger partial charge >= 0.3 is 5.97 Å². The highest BCUT2D eigenvalue weighted by atomic mass is 16.5. The molecule has 1 aromatic rings. The quantitative estimate of drug-likeness (QED) is 0.717. The molecule has 0 saturated carbocycles. The number of ether oxygens (including phenoxy) is 1. The summed E-state index contributed by atoms with van der Waals surface area (Å²) in [5.41, 5.74) is 8.02. The molecule has 0 unspecified atom stereocenters. The van der Waals surface area contributed by atoms with Crippen LogP contribution in [-0.2, 0) is 9.53 Å². The van der Waals surface area contributed by atoms with E-state index in [1.807, 2.05) is 0 Å². The molecule has 0 radical (unpaired) electrons. The lowest BCUT2D eigenvalue weighted by molar-refractivity contribution is -0.142. The van der Waals surface area contributed by atoms with E-state index in [4.69, 9.17) is 5.73 Å². The molecule has 15 heavy (non-hydrogen) atoms. The van der Waals surface area contributed by atoms with Gasteiger partial charge in [-0.15, -0.1) is 0 Å². The molecule has 0 aliphatic rings. The molecule has 82 valence electrons. The first-order valence-corrected chi connectivity index (χ1v) is 4.61. The van der Waals surface area contributed by atoms with Crippen LogP contribution in [0.15, 0.2) is 12.1 Å². The Hall–Kier alpha value is -1.55. The minimum atomic E-state index is -0.796. The second-order valence-electron chi connectivity index (χ2n) is 3.49. The van der Waals surface area contributed by atoms with Gasteiger partial charge in [0.1, 0.15) is 11.8 Å². The number of hydrogen-bond donors (Lipinski definition) is 2. The number of phenolic OH excluding ortho intramolecular Hbond substituents is 1. The molecule has 4 nitrogen and oxygen atoms in total. The number of aromatic hydroxyl groups is 1. The molecule has 1 atom stereocenters. The second kappa shape index (κ2) is 4.31. The first-order chi connectivity index (χ1) is 6.97. The molecule has 1 aromatic carbocycles. The molecule has 0 aliphatic carbocycles. The number of benzene rings is 1. The average molecular weight is 209 g/mol. The molecule has 0 aromatic heterocycles. The molecule has 0 bridgehead atoms. The molecule has 3 N–H and O–H groups in total. The van der Waals surface area contributed by atoms with Gasteiger partial charge in [-0.1, -0.05) is 0 Å². The minimum absolute atomic E-state index is 0.172. The summed E-state index contributed by atoms with van der Waals surface area (Å²) in [6.45, 7) is 3.59. The zero-order chi connectivity index (χ0) is 11.6. The third-order valence-electron chi connectivity index (χ3n) is 2.34. The number of carbonyl (C=O) groups is 1. The molecule has 1 rings (SSSR count). The van der Waals surface area contributed by atoms with Gasteiger partial charge in [0.25, 0.3) is 0 Å². The van der Waals surface area contributed by atoms with Gasteiger partial charge in [0, 0.05) is 0 Å². The Morgan fingerprint density at radius 3 is 2.27 bits per heavy atom.